The molecular formula is C5H4LiN. The number of hydrogen-bond acceptors (Lipinski definition) is 1. The van der Waals surface area contributed by atoms with Crippen LogP contribution in [0.1, 0.15) is 0 Å². The first-order valence-corrected chi connectivity index (χ1v) is 2.26. The van der Waals surface area contributed by atoms with Gasteiger partial charge in [-0.05, 0) is 0 Å². The summed E-state index contributed by atoms with van der Waals surface area (Å²) in [5.74, 6) is 0. The van der Waals surface area contributed by atoms with Gasteiger partial charge in [0.25, 0.3) is 0 Å². The van der Waals surface area contributed by atoms with Crippen LogP contribution in [0.2, 0.25) is 0 Å². The van der Waals surface area contributed by atoms with Crippen LogP contribution < -0.4 is 4.24 Å². The molecule has 0 amide bonds. The number of hydrogen-bond donors (Lipinski definition) is 0. The summed E-state index contributed by atoms with van der Waals surface area (Å²) in [6.45, 7) is 0. The standard InChI is InChI=1S/C5H4N.Li/c1-2-4-6-5-3-1;/h1-2,4-5H;. The third-order valence-corrected chi connectivity index (χ3v) is 0.809. The van der Waals surface area contributed by atoms with E-state index in [0.717, 1.165) is 0 Å². The molecule has 1 heterocycles. The van der Waals surface area contributed by atoms with Crippen molar-refractivity contribution in [3.8, 4) is 0 Å². The van der Waals surface area contributed by atoms with Gasteiger partial charge in [-0.2, -0.15) is 0 Å². The summed E-state index contributed by atoms with van der Waals surface area (Å²) in [7, 11) is 0. The second-order valence-electron chi connectivity index (χ2n) is 1.53. The Bertz CT molecular complexity index is 138. The second-order valence-corrected chi connectivity index (χ2v) is 1.53. The van der Waals surface area contributed by atoms with Crippen molar-refractivity contribution in [1.82, 2.24) is 4.98 Å². The van der Waals surface area contributed by atoms with E-state index >= 15 is 0 Å². The van der Waals surface area contributed by atoms with Crippen LogP contribution in [0.5, 0.6) is 0 Å². The predicted molar refractivity (Wildman–Crippen MR) is 29.6 cm³/mol. The fraction of sp³-hybridized carbons (Fsp3) is 0. The Hall–Kier alpha value is -0.253. The molecule has 0 fully saturated rings. The van der Waals surface area contributed by atoms with Crippen LogP contribution in [-0.4, -0.2) is 22.7 Å². The van der Waals surface area contributed by atoms with Crippen LogP contribution >= 0.6 is 0 Å². The summed E-state index contributed by atoms with van der Waals surface area (Å²) >= 11 is 2.02. The summed E-state index contributed by atoms with van der Waals surface area (Å²) in [6.07, 6.45) is 3.60. The fourth-order valence-electron chi connectivity index (χ4n) is 0.448. The van der Waals surface area contributed by atoms with Gasteiger partial charge in [-0.25, -0.2) is 0 Å². The fourth-order valence-corrected chi connectivity index (χ4v) is 0.448. The predicted octanol–water partition coefficient (Wildman–Crippen LogP) is -0.125. The zero-order valence-corrected chi connectivity index (χ0v) is 4.26. The maximum absolute atomic E-state index is 3.88. The van der Waals surface area contributed by atoms with Gasteiger partial charge in [0.2, 0.25) is 0 Å². The first-order valence-electron chi connectivity index (χ1n) is 2.26. The molecule has 0 aromatic carbocycles. The van der Waals surface area contributed by atoms with Crippen LogP contribution in [0.15, 0.2) is 24.5 Å². The molecule has 0 aliphatic rings. The summed E-state index contributed by atoms with van der Waals surface area (Å²) in [4.78, 5) is 3.88. The van der Waals surface area contributed by atoms with Crippen LogP contribution in [-0.2, 0) is 0 Å². The zero-order chi connectivity index (χ0) is 5.11. The zero-order valence-electron chi connectivity index (χ0n) is 4.26. The molecule has 1 aromatic heterocycles. The first-order chi connectivity index (χ1) is 3.39. The summed E-state index contributed by atoms with van der Waals surface area (Å²) < 4.78 is 1.21. The molecule has 0 unspecified atom stereocenters. The molecule has 0 N–H and O–H groups in total. The van der Waals surface area contributed by atoms with Crippen molar-refractivity contribution in [1.29, 1.82) is 0 Å². The van der Waals surface area contributed by atoms with Gasteiger partial charge in [-0.15, -0.1) is 0 Å². The van der Waals surface area contributed by atoms with Crippen LogP contribution in [0.3, 0.4) is 0 Å². The van der Waals surface area contributed by atoms with Crippen molar-refractivity contribution in [3.63, 3.8) is 0 Å². The Balaban J connectivity index is 3.02. The first kappa shape index (κ1) is 4.90. The van der Waals surface area contributed by atoms with Crippen molar-refractivity contribution in [2.24, 2.45) is 0 Å². The van der Waals surface area contributed by atoms with E-state index in [9.17, 15) is 0 Å². The maximum atomic E-state index is 3.88. The van der Waals surface area contributed by atoms with Crippen LogP contribution in [0.25, 0.3) is 0 Å². The quantitative estimate of drug-likeness (QED) is 0.400. The monoisotopic (exact) mass is 85.1 g/mol. The Morgan fingerprint density at radius 3 is 2.71 bits per heavy atom. The van der Waals surface area contributed by atoms with Crippen molar-refractivity contribution in [2.75, 3.05) is 0 Å². The molecule has 1 nitrogen and oxygen atoms in total. The molecule has 0 spiro atoms. The van der Waals surface area contributed by atoms with Crippen LogP contribution in [0.4, 0.5) is 0 Å². The SMILES string of the molecule is [Li][c]1cccnc1. The van der Waals surface area contributed by atoms with Gasteiger partial charge in [0, 0.05) is 0 Å². The summed E-state index contributed by atoms with van der Waals surface area (Å²) in [5, 5.41) is 0. The Morgan fingerprint density at radius 1 is 1.57 bits per heavy atom. The minimum atomic E-state index is 1.21. The van der Waals surface area contributed by atoms with Gasteiger partial charge >= 0.3 is 51.5 Å². The topological polar surface area (TPSA) is 12.9 Å². The van der Waals surface area contributed by atoms with Gasteiger partial charge in [0.15, 0.2) is 0 Å². The van der Waals surface area contributed by atoms with Crippen molar-refractivity contribution >= 4 is 22.0 Å². The van der Waals surface area contributed by atoms with Gasteiger partial charge in [-0.1, -0.05) is 0 Å². The molecule has 0 saturated heterocycles. The van der Waals surface area contributed by atoms with E-state index < -0.39 is 0 Å². The van der Waals surface area contributed by atoms with E-state index in [1.54, 1.807) is 6.20 Å². The molecule has 30 valence electrons. The minimum absolute atomic E-state index is 1.21. The normalized spacial score (nSPS) is 8.86. The van der Waals surface area contributed by atoms with E-state index in [1.165, 1.54) is 4.24 Å². The molecule has 0 aliphatic heterocycles. The summed E-state index contributed by atoms with van der Waals surface area (Å²) in [5.41, 5.74) is 0. The van der Waals surface area contributed by atoms with Crippen LogP contribution in [0, 0.1) is 0 Å². The molecule has 7 heavy (non-hydrogen) atoms. The Labute approximate surface area is 52.0 Å². The molecule has 1 rings (SSSR count). The van der Waals surface area contributed by atoms with E-state index in [-0.39, 0.29) is 0 Å². The third-order valence-electron chi connectivity index (χ3n) is 0.809. The van der Waals surface area contributed by atoms with E-state index in [4.69, 9.17) is 0 Å². The van der Waals surface area contributed by atoms with E-state index in [2.05, 4.69) is 4.98 Å². The molecule has 0 saturated carbocycles. The van der Waals surface area contributed by atoms with Crippen molar-refractivity contribution in [2.45, 2.75) is 0 Å². The molecule has 0 aliphatic carbocycles. The van der Waals surface area contributed by atoms with Crippen molar-refractivity contribution < 1.29 is 0 Å². The average Bonchev–Trinajstić information content (AvgIpc) is 1.69. The van der Waals surface area contributed by atoms with Gasteiger partial charge in [0.05, 0.1) is 0 Å². The molecule has 2 heteroatoms. The van der Waals surface area contributed by atoms with E-state index in [0.29, 0.717) is 0 Å². The Kier molecular flexibility index (Phi) is 1.51. The average molecular weight is 85.0 g/mol. The Morgan fingerprint density at radius 2 is 2.43 bits per heavy atom. The van der Waals surface area contributed by atoms with Gasteiger partial charge in [-0.3, -0.25) is 0 Å². The second kappa shape index (κ2) is 2.16. The third kappa shape index (κ3) is 1.34. The van der Waals surface area contributed by atoms with Gasteiger partial charge < -0.3 is 0 Å². The van der Waals surface area contributed by atoms with Crippen molar-refractivity contribution in [3.05, 3.63) is 24.5 Å². The van der Waals surface area contributed by atoms with Gasteiger partial charge in [0.1, 0.15) is 0 Å². The number of nitrogens with zero attached hydrogens (tertiary/aromatic N) is 1. The number of rotatable bonds is 0. The molecule has 1 aromatic rings. The molecule has 0 atom stereocenters. The number of pyridine rings is 1. The summed E-state index contributed by atoms with van der Waals surface area (Å²) in [6, 6.07) is 3.95. The molecular weight excluding hydrogens is 81.0 g/mol. The molecule has 0 radical (unpaired) electrons. The van der Waals surface area contributed by atoms with E-state index in [1.807, 2.05) is 36.0 Å². The number of aromatic nitrogens is 1. The molecule has 0 bridgehead atoms.